The van der Waals surface area contributed by atoms with Crippen molar-refractivity contribution in [1.29, 1.82) is 0 Å². The Morgan fingerprint density at radius 3 is 2.08 bits per heavy atom. The Labute approximate surface area is 145 Å². The van der Waals surface area contributed by atoms with Crippen molar-refractivity contribution in [2.45, 2.75) is 18.9 Å². The molecule has 2 heteroatoms. The van der Waals surface area contributed by atoms with Crippen LogP contribution in [0.25, 0.3) is 0 Å². The van der Waals surface area contributed by atoms with Crippen LogP contribution in [0.4, 0.5) is 0 Å². The number of hydrogen-bond acceptors (Lipinski definition) is 2. The number of rotatable bonds is 2. The van der Waals surface area contributed by atoms with Crippen LogP contribution in [0.1, 0.15) is 24.5 Å². The Balaban J connectivity index is 1.99. The van der Waals surface area contributed by atoms with Gasteiger partial charge in [0.2, 0.25) is 0 Å². The molecule has 0 aliphatic carbocycles. The van der Waals surface area contributed by atoms with Crippen LogP contribution in [0.3, 0.4) is 0 Å². The normalized spacial score (nSPS) is 21.8. The summed E-state index contributed by atoms with van der Waals surface area (Å²) in [6.07, 6.45) is 1.16. The highest BCUT2D eigenvalue weighted by Crippen LogP contribution is 2.30. The summed E-state index contributed by atoms with van der Waals surface area (Å²) in [5.74, 6) is 7.48. The molecule has 1 aliphatic rings. The Morgan fingerprint density at radius 2 is 1.54 bits per heavy atom. The van der Waals surface area contributed by atoms with Crippen molar-refractivity contribution in [3.05, 3.63) is 71.8 Å². The molecule has 0 spiro atoms. The first-order chi connectivity index (χ1) is 11.6. The number of nitrogens with zero attached hydrogens (tertiary/aromatic N) is 1. The zero-order valence-electron chi connectivity index (χ0n) is 14.4. The molecule has 2 nitrogen and oxygen atoms in total. The van der Waals surface area contributed by atoms with Gasteiger partial charge >= 0.3 is 0 Å². The van der Waals surface area contributed by atoms with Gasteiger partial charge in [0.1, 0.15) is 0 Å². The molecule has 0 amide bonds. The van der Waals surface area contributed by atoms with Crippen molar-refractivity contribution in [2.75, 3.05) is 20.1 Å². The summed E-state index contributed by atoms with van der Waals surface area (Å²) in [5, 5.41) is 11.4. The zero-order chi connectivity index (χ0) is 17.0. The van der Waals surface area contributed by atoms with Crippen LogP contribution >= 0.6 is 0 Å². The third-order valence-electron chi connectivity index (χ3n) is 4.98. The fraction of sp³-hybridized carbons (Fsp3) is 0.364. The summed E-state index contributed by atoms with van der Waals surface area (Å²) in [6, 6.07) is 19.5. The molecule has 1 fully saturated rings. The van der Waals surface area contributed by atoms with Crippen LogP contribution in [-0.2, 0) is 5.60 Å². The van der Waals surface area contributed by atoms with Gasteiger partial charge in [-0.25, -0.2) is 0 Å². The van der Waals surface area contributed by atoms with Gasteiger partial charge in [-0.15, -0.1) is 0 Å². The molecule has 1 aliphatic heterocycles. The molecule has 1 heterocycles. The van der Waals surface area contributed by atoms with E-state index in [9.17, 15) is 5.11 Å². The summed E-state index contributed by atoms with van der Waals surface area (Å²) in [6.45, 7) is 4.35. The second kappa shape index (κ2) is 7.21. The minimum absolute atomic E-state index is 0.294. The second-order valence-corrected chi connectivity index (χ2v) is 6.85. The average Bonchev–Trinajstić information content (AvgIpc) is 2.63. The molecule has 24 heavy (non-hydrogen) atoms. The molecular formula is C22H25NO. The number of benzene rings is 2. The van der Waals surface area contributed by atoms with Gasteiger partial charge < -0.3 is 10.0 Å². The van der Waals surface area contributed by atoms with Crippen molar-refractivity contribution < 1.29 is 5.11 Å². The zero-order valence-corrected chi connectivity index (χ0v) is 14.4. The van der Waals surface area contributed by atoms with E-state index < -0.39 is 5.60 Å². The van der Waals surface area contributed by atoms with Gasteiger partial charge in [-0.05, 0) is 25.9 Å². The topological polar surface area (TPSA) is 23.5 Å². The van der Waals surface area contributed by atoms with E-state index in [1.54, 1.807) is 0 Å². The monoisotopic (exact) mass is 319 g/mol. The molecule has 2 unspecified atom stereocenters. The molecule has 1 saturated heterocycles. The maximum absolute atomic E-state index is 11.4. The Bertz CT molecular complexity index is 674. The SMILES string of the molecule is CC1CCN(C)CC1C#CC(O)(c1ccccc1)c1ccccc1. The van der Waals surface area contributed by atoms with Gasteiger partial charge in [-0.2, -0.15) is 0 Å². The predicted octanol–water partition coefficient (Wildman–Crippen LogP) is 3.51. The van der Waals surface area contributed by atoms with Crippen molar-refractivity contribution in [3.63, 3.8) is 0 Å². The van der Waals surface area contributed by atoms with Crippen LogP contribution in [0, 0.1) is 23.7 Å². The first-order valence-corrected chi connectivity index (χ1v) is 8.64. The predicted molar refractivity (Wildman–Crippen MR) is 98.4 cm³/mol. The molecule has 0 aromatic heterocycles. The quantitative estimate of drug-likeness (QED) is 0.856. The highest BCUT2D eigenvalue weighted by Gasteiger charge is 2.30. The Morgan fingerprint density at radius 1 is 1.00 bits per heavy atom. The minimum atomic E-state index is -1.27. The summed E-state index contributed by atoms with van der Waals surface area (Å²) in [5.41, 5.74) is 0.374. The fourth-order valence-corrected chi connectivity index (χ4v) is 3.29. The standard InChI is InChI=1S/C22H25NO/c1-18-14-16-23(2)17-19(18)13-15-22(24,20-9-5-3-6-10-20)21-11-7-4-8-12-21/h3-12,18-19,24H,14,16-17H2,1-2H3. The molecule has 2 aromatic rings. The first-order valence-electron chi connectivity index (χ1n) is 8.64. The Kier molecular flexibility index (Phi) is 5.04. The lowest BCUT2D eigenvalue weighted by Crippen LogP contribution is -2.36. The summed E-state index contributed by atoms with van der Waals surface area (Å²) in [7, 11) is 2.14. The summed E-state index contributed by atoms with van der Waals surface area (Å²) >= 11 is 0. The van der Waals surface area contributed by atoms with Gasteiger partial charge in [-0.3, -0.25) is 0 Å². The van der Waals surface area contributed by atoms with Gasteiger partial charge in [0.05, 0.1) is 0 Å². The van der Waals surface area contributed by atoms with Crippen LogP contribution in [0.2, 0.25) is 0 Å². The second-order valence-electron chi connectivity index (χ2n) is 6.85. The third kappa shape index (κ3) is 3.53. The van der Waals surface area contributed by atoms with E-state index in [2.05, 4.69) is 30.7 Å². The van der Waals surface area contributed by atoms with E-state index in [1.807, 2.05) is 60.7 Å². The van der Waals surface area contributed by atoms with Crippen LogP contribution < -0.4 is 0 Å². The summed E-state index contributed by atoms with van der Waals surface area (Å²) in [4.78, 5) is 2.32. The lowest BCUT2D eigenvalue weighted by molar-refractivity contribution is 0.143. The largest absolute Gasteiger partial charge is 0.369 e. The number of aliphatic hydroxyl groups is 1. The number of piperidine rings is 1. The smallest absolute Gasteiger partial charge is 0.176 e. The first kappa shape index (κ1) is 16.8. The number of hydrogen-bond donors (Lipinski definition) is 1. The van der Waals surface area contributed by atoms with E-state index >= 15 is 0 Å². The number of likely N-dealkylation sites (tertiary alicyclic amines) is 1. The van der Waals surface area contributed by atoms with Crippen molar-refractivity contribution in [2.24, 2.45) is 11.8 Å². The maximum atomic E-state index is 11.4. The minimum Gasteiger partial charge on any atom is -0.369 e. The third-order valence-corrected chi connectivity index (χ3v) is 4.98. The molecule has 3 rings (SSSR count). The average molecular weight is 319 g/mol. The molecule has 1 N–H and O–H groups in total. The molecule has 0 bridgehead atoms. The molecular weight excluding hydrogens is 294 g/mol. The van der Waals surface area contributed by atoms with Crippen LogP contribution in [-0.4, -0.2) is 30.1 Å². The molecule has 2 atom stereocenters. The lowest BCUT2D eigenvalue weighted by atomic mass is 9.84. The molecule has 0 radical (unpaired) electrons. The van der Waals surface area contributed by atoms with E-state index in [4.69, 9.17) is 0 Å². The van der Waals surface area contributed by atoms with E-state index in [-0.39, 0.29) is 0 Å². The van der Waals surface area contributed by atoms with Crippen molar-refractivity contribution in [3.8, 4) is 11.8 Å². The van der Waals surface area contributed by atoms with E-state index in [0.717, 1.165) is 30.6 Å². The van der Waals surface area contributed by atoms with Crippen LogP contribution in [0.5, 0.6) is 0 Å². The van der Waals surface area contributed by atoms with Crippen molar-refractivity contribution in [1.82, 2.24) is 4.90 Å². The van der Waals surface area contributed by atoms with Gasteiger partial charge in [0, 0.05) is 23.6 Å². The van der Waals surface area contributed by atoms with Crippen LogP contribution in [0.15, 0.2) is 60.7 Å². The van der Waals surface area contributed by atoms with Gasteiger partial charge in [0.25, 0.3) is 0 Å². The van der Waals surface area contributed by atoms with Gasteiger partial charge in [-0.1, -0.05) is 79.4 Å². The highest BCUT2D eigenvalue weighted by atomic mass is 16.3. The highest BCUT2D eigenvalue weighted by molar-refractivity contribution is 5.44. The van der Waals surface area contributed by atoms with Gasteiger partial charge in [0.15, 0.2) is 5.60 Å². The Hall–Kier alpha value is -2.08. The van der Waals surface area contributed by atoms with E-state index in [0.29, 0.717) is 11.8 Å². The maximum Gasteiger partial charge on any atom is 0.176 e. The molecule has 0 saturated carbocycles. The molecule has 124 valence electrons. The fourth-order valence-electron chi connectivity index (χ4n) is 3.29. The van der Waals surface area contributed by atoms with Crippen molar-refractivity contribution >= 4 is 0 Å². The summed E-state index contributed by atoms with van der Waals surface area (Å²) < 4.78 is 0. The lowest BCUT2D eigenvalue weighted by Gasteiger charge is -2.32. The van der Waals surface area contributed by atoms with E-state index in [1.165, 1.54) is 0 Å². The molecule has 2 aromatic carbocycles.